The van der Waals surface area contributed by atoms with E-state index in [1.54, 1.807) is 0 Å². The second kappa shape index (κ2) is 10.1. The molecule has 1 aromatic carbocycles. The smallest absolute Gasteiger partial charge is 0.191 e. The lowest BCUT2D eigenvalue weighted by atomic mass is 9.84. The summed E-state index contributed by atoms with van der Waals surface area (Å²) in [6, 6.07) is 6.68. The van der Waals surface area contributed by atoms with Gasteiger partial charge in [-0.1, -0.05) is 26.0 Å². The fourth-order valence-corrected chi connectivity index (χ4v) is 2.85. The van der Waals surface area contributed by atoms with Crippen LogP contribution < -0.4 is 10.6 Å². The summed E-state index contributed by atoms with van der Waals surface area (Å²) in [4.78, 5) is 4.71. The predicted octanol–water partition coefficient (Wildman–Crippen LogP) is 3.83. The summed E-state index contributed by atoms with van der Waals surface area (Å²) in [5.74, 6) is 0.556. The van der Waals surface area contributed by atoms with E-state index in [1.165, 1.54) is 12.1 Å². The molecule has 150 valence electrons. The monoisotopic (exact) mass is 487 g/mol. The first-order chi connectivity index (χ1) is 12.2. The molecule has 0 aliphatic rings. The average molecular weight is 487 g/mol. The molecule has 2 N–H and O–H groups in total. The number of nitrogens with zero attached hydrogens (tertiary/aromatic N) is 3. The van der Waals surface area contributed by atoms with Crippen molar-refractivity contribution in [2.24, 2.45) is 12.0 Å². The van der Waals surface area contributed by atoms with E-state index in [-0.39, 0.29) is 35.2 Å². The molecule has 0 unspecified atom stereocenters. The molecule has 0 amide bonds. The molecule has 2 rings (SSSR count). The molecule has 0 aliphatic heterocycles. The Balaban J connectivity index is 0.00000364. The number of aliphatic imine (C=N–C) groups is 1. The van der Waals surface area contributed by atoms with Gasteiger partial charge in [0.15, 0.2) is 5.96 Å². The van der Waals surface area contributed by atoms with Crippen LogP contribution in [-0.4, -0.2) is 28.8 Å². The Kier molecular flexibility index (Phi) is 8.71. The van der Waals surface area contributed by atoms with Gasteiger partial charge in [0, 0.05) is 36.8 Å². The van der Waals surface area contributed by atoms with Crippen molar-refractivity contribution in [3.63, 3.8) is 0 Å². The third kappa shape index (κ3) is 6.19. The van der Waals surface area contributed by atoms with Crippen LogP contribution in [-0.2, 0) is 19.0 Å². The number of halogens is 2. The molecule has 1 heterocycles. The third-order valence-corrected chi connectivity index (χ3v) is 4.72. The number of benzene rings is 1. The van der Waals surface area contributed by atoms with E-state index in [9.17, 15) is 4.39 Å². The van der Waals surface area contributed by atoms with Crippen LogP contribution in [0.5, 0.6) is 0 Å². The van der Waals surface area contributed by atoms with Gasteiger partial charge in [0.05, 0.1) is 12.2 Å². The summed E-state index contributed by atoms with van der Waals surface area (Å²) in [6.45, 7) is 12.4. The lowest BCUT2D eigenvalue weighted by molar-refractivity contribution is 0.507. The SMILES string of the molecule is CCNC(=NCc1c(C)nn(C)c1C)NCC(C)(C)c1ccc(F)cc1.I. The van der Waals surface area contributed by atoms with Crippen LogP contribution in [0, 0.1) is 19.7 Å². The number of hydrogen-bond donors (Lipinski definition) is 2. The van der Waals surface area contributed by atoms with E-state index in [0.717, 1.165) is 35.0 Å². The zero-order valence-corrected chi connectivity index (χ0v) is 19.4. The van der Waals surface area contributed by atoms with Gasteiger partial charge >= 0.3 is 0 Å². The first kappa shape index (κ1) is 23.4. The Labute approximate surface area is 178 Å². The van der Waals surface area contributed by atoms with Gasteiger partial charge in [-0.2, -0.15) is 5.10 Å². The van der Waals surface area contributed by atoms with Crippen molar-refractivity contribution >= 4 is 29.9 Å². The summed E-state index contributed by atoms with van der Waals surface area (Å²) >= 11 is 0. The third-order valence-electron chi connectivity index (χ3n) is 4.72. The zero-order valence-electron chi connectivity index (χ0n) is 17.1. The lowest BCUT2D eigenvalue weighted by Crippen LogP contribution is -2.43. The van der Waals surface area contributed by atoms with Gasteiger partial charge in [-0.15, -0.1) is 24.0 Å². The van der Waals surface area contributed by atoms with Crippen LogP contribution in [0.25, 0.3) is 0 Å². The second-order valence-corrected chi connectivity index (χ2v) is 7.21. The lowest BCUT2D eigenvalue weighted by Gasteiger charge is -2.26. The van der Waals surface area contributed by atoms with Gasteiger partial charge in [0.2, 0.25) is 0 Å². The van der Waals surface area contributed by atoms with Gasteiger partial charge < -0.3 is 10.6 Å². The van der Waals surface area contributed by atoms with E-state index in [1.807, 2.05) is 37.7 Å². The Bertz CT molecular complexity index is 765. The normalized spacial score (nSPS) is 11.9. The van der Waals surface area contributed by atoms with E-state index >= 15 is 0 Å². The summed E-state index contributed by atoms with van der Waals surface area (Å²) in [5.41, 5.74) is 4.23. The molecule has 0 spiro atoms. The largest absolute Gasteiger partial charge is 0.357 e. The molecule has 0 aliphatic carbocycles. The Morgan fingerprint density at radius 1 is 1.19 bits per heavy atom. The molecule has 0 fully saturated rings. The maximum atomic E-state index is 13.2. The highest BCUT2D eigenvalue weighted by atomic mass is 127. The molecule has 0 saturated carbocycles. The molecule has 0 atom stereocenters. The number of hydrogen-bond acceptors (Lipinski definition) is 2. The van der Waals surface area contributed by atoms with Crippen molar-refractivity contribution in [3.8, 4) is 0 Å². The maximum Gasteiger partial charge on any atom is 0.191 e. The molecule has 0 saturated heterocycles. The highest BCUT2D eigenvalue weighted by Gasteiger charge is 2.21. The van der Waals surface area contributed by atoms with Gasteiger partial charge in [0.25, 0.3) is 0 Å². The van der Waals surface area contributed by atoms with Gasteiger partial charge in [-0.25, -0.2) is 9.38 Å². The molecule has 0 bridgehead atoms. The van der Waals surface area contributed by atoms with Crippen molar-refractivity contribution in [2.75, 3.05) is 13.1 Å². The van der Waals surface area contributed by atoms with Crippen LogP contribution in [0.3, 0.4) is 0 Å². The molecular formula is C20H31FIN5. The maximum absolute atomic E-state index is 13.2. The van der Waals surface area contributed by atoms with Gasteiger partial charge in [0.1, 0.15) is 5.82 Å². The second-order valence-electron chi connectivity index (χ2n) is 7.21. The number of nitrogens with one attached hydrogen (secondary N) is 2. The van der Waals surface area contributed by atoms with Crippen LogP contribution in [0.1, 0.15) is 43.3 Å². The first-order valence-corrected chi connectivity index (χ1v) is 9.02. The van der Waals surface area contributed by atoms with Crippen molar-refractivity contribution in [1.82, 2.24) is 20.4 Å². The topological polar surface area (TPSA) is 54.2 Å². The molecule has 2 aromatic rings. The summed E-state index contributed by atoms with van der Waals surface area (Å²) < 4.78 is 15.1. The van der Waals surface area contributed by atoms with Crippen molar-refractivity contribution in [2.45, 2.75) is 46.6 Å². The number of rotatable bonds is 6. The van der Waals surface area contributed by atoms with E-state index < -0.39 is 0 Å². The van der Waals surface area contributed by atoms with E-state index in [2.05, 4.69) is 36.5 Å². The average Bonchev–Trinajstić information content (AvgIpc) is 2.83. The molecule has 0 radical (unpaired) electrons. The standard InChI is InChI=1S/C20H30FN5.HI/c1-7-22-19(23-12-18-14(2)25-26(6)15(18)3)24-13-20(4,5)16-8-10-17(21)11-9-16;/h8-11H,7,12-13H2,1-6H3,(H2,22,23,24);1H. The number of aryl methyl sites for hydroxylation is 2. The van der Waals surface area contributed by atoms with Crippen molar-refractivity contribution in [1.29, 1.82) is 0 Å². The van der Waals surface area contributed by atoms with Crippen molar-refractivity contribution in [3.05, 3.63) is 52.6 Å². The minimum Gasteiger partial charge on any atom is -0.357 e. The van der Waals surface area contributed by atoms with Crippen LogP contribution in [0.15, 0.2) is 29.3 Å². The zero-order chi connectivity index (χ0) is 19.3. The summed E-state index contributed by atoms with van der Waals surface area (Å²) in [5, 5.41) is 11.1. The van der Waals surface area contributed by atoms with Crippen LogP contribution in [0.2, 0.25) is 0 Å². The Hall–Kier alpha value is -1.64. The fourth-order valence-electron chi connectivity index (χ4n) is 2.85. The van der Waals surface area contributed by atoms with Gasteiger partial charge in [-0.3, -0.25) is 4.68 Å². The number of guanidine groups is 1. The van der Waals surface area contributed by atoms with E-state index in [4.69, 9.17) is 4.99 Å². The molecule has 5 nitrogen and oxygen atoms in total. The first-order valence-electron chi connectivity index (χ1n) is 9.02. The molecule has 27 heavy (non-hydrogen) atoms. The minimum absolute atomic E-state index is 0. The van der Waals surface area contributed by atoms with Crippen LogP contribution in [0.4, 0.5) is 4.39 Å². The molecule has 7 heteroatoms. The predicted molar refractivity (Wildman–Crippen MR) is 120 cm³/mol. The fraction of sp³-hybridized carbons (Fsp3) is 0.500. The summed E-state index contributed by atoms with van der Waals surface area (Å²) in [7, 11) is 1.95. The quantitative estimate of drug-likeness (QED) is 0.370. The highest BCUT2D eigenvalue weighted by molar-refractivity contribution is 14.0. The number of aromatic nitrogens is 2. The Morgan fingerprint density at radius 2 is 1.81 bits per heavy atom. The minimum atomic E-state index is -0.213. The Morgan fingerprint density at radius 3 is 2.33 bits per heavy atom. The van der Waals surface area contributed by atoms with Gasteiger partial charge in [-0.05, 0) is 38.5 Å². The van der Waals surface area contributed by atoms with E-state index in [0.29, 0.717) is 13.1 Å². The highest BCUT2D eigenvalue weighted by Crippen LogP contribution is 2.22. The summed E-state index contributed by atoms with van der Waals surface area (Å²) in [6.07, 6.45) is 0. The molecular weight excluding hydrogens is 456 g/mol. The van der Waals surface area contributed by atoms with Crippen LogP contribution >= 0.6 is 24.0 Å². The molecule has 1 aromatic heterocycles. The van der Waals surface area contributed by atoms with Crippen molar-refractivity contribution < 1.29 is 4.39 Å².